The molecule has 9 heteroatoms. The fourth-order valence-corrected chi connectivity index (χ4v) is 4.13. The maximum Gasteiger partial charge on any atom is 0.263 e. The first-order valence-corrected chi connectivity index (χ1v) is 11.1. The molecule has 0 heterocycles. The molecule has 2 N–H and O–H groups in total. The van der Waals surface area contributed by atoms with Crippen LogP contribution in [0.2, 0.25) is 5.02 Å². The van der Waals surface area contributed by atoms with Gasteiger partial charge in [-0.3, -0.25) is 9.52 Å². The zero-order valence-corrected chi connectivity index (χ0v) is 18.3. The Morgan fingerprint density at radius 2 is 1.83 bits per heavy atom. The van der Waals surface area contributed by atoms with Crippen LogP contribution in [-0.2, 0) is 10.0 Å². The molecular weight excluding hydrogens is 414 g/mol. The number of sulfonamides is 1. The zero-order chi connectivity index (χ0) is 21.4. The summed E-state index contributed by atoms with van der Waals surface area (Å²) in [7, 11) is -0.0632. The van der Waals surface area contributed by atoms with E-state index in [1.54, 1.807) is 24.3 Å². The van der Waals surface area contributed by atoms with Gasteiger partial charge in [-0.2, -0.15) is 0 Å². The third kappa shape index (κ3) is 6.92. The summed E-state index contributed by atoms with van der Waals surface area (Å²) < 4.78 is 33.4. The normalized spacial score (nSPS) is 11.3. The van der Waals surface area contributed by atoms with Crippen molar-refractivity contribution in [3.63, 3.8) is 0 Å². The Morgan fingerprint density at radius 3 is 2.45 bits per heavy atom. The van der Waals surface area contributed by atoms with Gasteiger partial charge in [0.1, 0.15) is 10.6 Å². The van der Waals surface area contributed by atoms with E-state index >= 15 is 0 Å². The number of hydrogen-bond acceptors (Lipinski definition) is 5. The molecule has 0 radical (unpaired) electrons. The third-order valence-electron chi connectivity index (χ3n) is 3.97. The van der Waals surface area contributed by atoms with Gasteiger partial charge in [0, 0.05) is 17.8 Å². The third-order valence-corrected chi connectivity index (χ3v) is 5.83. The highest BCUT2D eigenvalue weighted by Gasteiger charge is 2.20. The zero-order valence-electron chi connectivity index (χ0n) is 16.7. The van der Waals surface area contributed by atoms with Crippen LogP contribution in [0.4, 0.5) is 5.69 Å². The van der Waals surface area contributed by atoms with Crippen LogP contribution in [-0.4, -0.2) is 53.0 Å². The van der Waals surface area contributed by atoms with E-state index in [0.717, 1.165) is 13.0 Å². The number of ether oxygens (including phenoxy) is 1. The monoisotopic (exact) mass is 439 g/mol. The lowest BCUT2D eigenvalue weighted by Crippen LogP contribution is -2.27. The second-order valence-corrected chi connectivity index (χ2v) is 8.68. The van der Waals surface area contributed by atoms with Crippen LogP contribution in [0.1, 0.15) is 23.7 Å². The summed E-state index contributed by atoms with van der Waals surface area (Å²) in [5.74, 6) is 0.291. The number of anilines is 1. The smallest absolute Gasteiger partial charge is 0.263 e. The standard InChI is InChI=1S/C20H26ClN3O4S/c1-4-28-17-9-7-16(8-10-17)23-29(26,27)19-14-15(6-11-18(19)21)20(25)22-12-5-13-24(2)3/h6-11,14,23H,4-5,12-13H2,1-3H3,(H,22,25). The number of amides is 1. The SMILES string of the molecule is CCOc1ccc(NS(=O)(=O)c2cc(C(=O)NCCCN(C)C)ccc2Cl)cc1. The Kier molecular flexibility index (Phi) is 8.31. The molecule has 0 bridgehead atoms. The Balaban J connectivity index is 2.13. The Hall–Kier alpha value is -2.29. The average molecular weight is 440 g/mol. The van der Waals surface area contributed by atoms with Crippen LogP contribution < -0.4 is 14.8 Å². The summed E-state index contributed by atoms with van der Waals surface area (Å²) in [6.07, 6.45) is 0.788. The van der Waals surface area contributed by atoms with Crippen molar-refractivity contribution >= 4 is 33.2 Å². The molecule has 0 fully saturated rings. The minimum atomic E-state index is -3.97. The van der Waals surface area contributed by atoms with E-state index in [4.69, 9.17) is 16.3 Å². The first-order chi connectivity index (χ1) is 13.7. The van der Waals surface area contributed by atoms with Crippen molar-refractivity contribution in [1.82, 2.24) is 10.2 Å². The molecule has 0 spiro atoms. The number of hydrogen-bond donors (Lipinski definition) is 2. The molecular formula is C20H26ClN3O4S. The van der Waals surface area contributed by atoms with E-state index in [9.17, 15) is 13.2 Å². The molecule has 2 aromatic rings. The van der Waals surface area contributed by atoms with Gasteiger partial charge in [0.15, 0.2) is 0 Å². The van der Waals surface area contributed by atoms with Crippen molar-refractivity contribution in [1.29, 1.82) is 0 Å². The van der Waals surface area contributed by atoms with Gasteiger partial charge in [-0.1, -0.05) is 11.6 Å². The molecule has 0 unspecified atom stereocenters. The summed E-state index contributed by atoms with van der Waals surface area (Å²) in [6.45, 7) is 3.72. The van der Waals surface area contributed by atoms with Gasteiger partial charge in [-0.05, 0) is 76.4 Å². The molecule has 0 saturated carbocycles. The van der Waals surface area contributed by atoms with Crippen molar-refractivity contribution in [3.8, 4) is 5.75 Å². The number of carbonyl (C=O) groups is 1. The van der Waals surface area contributed by atoms with Crippen LogP contribution in [0.15, 0.2) is 47.4 Å². The van der Waals surface area contributed by atoms with Crippen molar-refractivity contribution < 1.29 is 17.9 Å². The van der Waals surface area contributed by atoms with E-state index in [2.05, 4.69) is 10.0 Å². The lowest BCUT2D eigenvalue weighted by Gasteiger charge is -2.12. The molecule has 0 aliphatic rings. The van der Waals surface area contributed by atoms with Crippen molar-refractivity contribution in [2.24, 2.45) is 0 Å². The lowest BCUT2D eigenvalue weighted by molar-refractivity contribution is 0.0952. The summed E-state index contributed by atoms with van der Waals surface area (Å²) >= 11 is 6.10. The molecule has 158 valence electrons. The van der Waals surface area contributed by atoms with Crippen LogP contribution in [0.3, 0.4) is 0 Å². The van der Waals surface area contributed by atoms with Crippen LogP contribution in [0, 0.1) is 0 Å². The maximum absolute atomic E-state index is 12.8. The second kappa shape index (κ2) is 10.5. The Morgan fingerprint density at radius 1 is 1.14 bits per heavy atom. The number of halogens is 1. The van der Waals surface area contributed by atoms with Gasteiger partial charge in [-0.25, -0.2) is 8.42 Å². The summed E-state index contributed by atoms with van der Waals surface area (Å²) in [5.41, 5.74) is 0.592. The van der Waals surface area contributed by atoms with E-state index in [-0.39, 0.29) is 21.4 Å². The number of rotatable bonds is 10. The molecule has 29 heavy (non-hydrogen) atoms. The summed E-state index contributed by atoms with van der Waals surface area (Å²) in [5, 5.41) is 2.82. The number of nitrogens with zero attached hydrogens (tertiary/aromatic N) is 1. The number of carbonyl (C=O) groups excluding carboxylic acids is 1. The first kappa shape index (κ1) is 23.0. The predicted molar refractivity (Wildman–Crippen MR) is 115 cm³/mol. The lowest BCUT2D eigenvalue weighted by atomic mass is 10.2. The topological polar surface area (TPSA) is 87.7 Å². The van der Waals surface area contributed by atoms with Gasteiger partial charge in [0.25, 0.3) is 15.9 Å². The van der Waals surface area contributed by atoms with E-state index in [1.807, 2.05) is 25.9 Å². The van der Waals surface area contributed by atoms with Crippen LogP contribution in [0.5, 0.6) is 5.75 Å². The van der Waals surface area contributed by atoms with Crippen LogP contribution >= 0.6 is 11.6 Å². The quantitative estimate of drug-likeness (QED) is 0.555. The molecule has 0 aromatic heterocycles. The fraction of sp³-hybridized carbons (Fsp3) is 0.350. The molecule has 2 aromatic carbocycles. The summed E-state index contributed by atoms with van der Waals surface area (Å²) in [6, 6.07) is 10.7. The van der Waals surface area contributed by atoms with Crippen molar-refractivity contribution in [2.45, 2.75) is 18.2 Å². The van der Waals surface area contributed by atoms with E-state index in [0.29, 0.717) is 24.6 Å². The maximum atomic E-state index is 12.8. The molecule has 2 rings (SSSR count). The Labute approximate surface area is 177 Å². The minimum absolute atomic E-state index is 0.0348. The largest absolute Gasteiger partial charge is 0.494 e. The first-order valence-electron chi connectivity index (χ1n) is 9.21. The van der Waals surface area contributed by atoms with Gasteiger partial charge >= 0.3 is 0 Å². The van der Waals surface area contributed by atoms with Gasteiger partial charge in [0.2, 0.25) is 0 Å². The van der Waals surface area contributed by atoms with Crippen molar-refractivity contribution in [3.05, 3.63) is 53.1 Å². The highest BCUT2D eigenvalue weighted by molar-refractivity contribution is 7.92. The van der Waals surface area contributed by atoms with Gasteiger partial charge < -0.3 is 15.0 Å². The highest BCUT2D eigenvalue weighted by Crippen LogP contribution is 2.26. The van der Waals surface area contributed by atoms with Gasteiger partial charge in [-0.15, -0.1) is 0 Å². The van der Waals surface area contributed by atoms with Crippen molar-refractivity contribution in [2.75, 3.05) is 38.5 Å². The number of nitrogens with one attached hydrogen (secondary N) is 2. The minimum Gasteiger partial charge on any atom is -0.494 e. The summed E-state index contributed by atoms with van der Waals surface area (Å²) in [4.78, 5) is 14.2. The van der Waals surface area contributed by atoms with Crippen LogP contribution in [0.25, 0.3) is 0 Å². The van der Waals surface area contributed by atoms with E-state index in [1.165, 1.54) is 18.2 Å². The molecule has 0 aliphatic heterocycles. The molecule has 1 amide bonds. The molecule has 0 aliphatic carbocycles. The molecule has 0 saturated heterocycles. The predicted octanol–water partition coefficient (Wildman–Crippen LogP) is 3.22. The second-order valence-electron chi connectivity index (χ2n) is 6.62. The highest BCUT2D eigenvalue weighted by atomic mass is 35.5. The fourth-order valence-electron chi connectivity index (χ4n) is 2.55. The van der Waals surface area contributed by atoms with Gasteiger partial charge in [0.05, 0.1) is 11.6 Å². The average Bonchev–Trinajstić information content (AvgIpc) is 2.66. The molecule has 7 nitrogen and oxygen atoms in total. The molecule has 0 atom stereocenters. The Bertz CT molecular complexity index is 931. The van der Waals surface area contributed by atoms with E-state index < -0.39 is 10.0 Å². The number of benzene rings is 2.